The van der Waals surface area contributed by atoms with Crippen molar-refractivity contribution in [3.05, 3.63) is 108 Å². The molecule has 0 saturated carbocycles. The molecule has 1 saturated heterocycles. The maximum absolute atomic E-state index is 11.3. The Hall–Kier alpha value is -3.02. The van der Waals surface area contributed by atoms with Gasteiger partial charge in [0.1, 0.15) is 31.0 Å². The van der Waals surface area contributed by atoms with Crippen molar-refractivity contribution in [3.63, 3.8) is 0 Å². The number of terminal acetylenes is 1. The molecule has 1 N–H and O–H groups in total. The van der Waals surface area contributed by atoms with Gasteiger partial charge >= 0.3 is 0 Å². The Kier molecular flexibility index (Phi) is 10.1. The number of aliphatic hydroxyl groups excluding tert-OH is 1. The fourth-order valence-electron chi connectivity index (χ4n) is 4.06. The van der Waals surface area contributed by atoms with E-state index in [0.717, 1.165) is 16.7 Å². The van der Waals surface area contributed by atoms with Gasteiger partial charge in [0.15, 0.2) is 6.29 Å². The van der Waals surface area contributed by atoms with Crippen LogP contribution in [0.1, 0.15) is 16.7 Å². The molecule has 1 aliphatic rings. The van der Waals surface area contributed by atoms with Gasteiger partial charge in [-0.1, -0.05) is 96.9 Å². The normalized spacial score (nSPS) is 23.7. The number of rotatable bonds is 12. The van der Waals surface area contributed by atoms with E-state index in [1.165, 1.54) is 0 Å². The highest BCUT2D eigenvalue weighted by molar-refractivity contribution is 5.15. The maximum atomic E-state index is 11.3. The molecule has 1 heterocycles. The second-order valence-corrected chi connectivity index (χ2v) is 8.57. The first-order valence-electron chi connectivity index (χ1n) is 12.1. The Morgan fingerprint density at radius 3 is 1.72 bits per heavy atom. The van der Waals surface area contributed by atoms with Crippen molar-refractivity contribution in [2.75, 3.05) is 13.2 Å². The summed E-state index contributed by atoms with van der Waals surface area (Å²) in [6.45, 7) is 1.19. The number of hydrogen-bond donors (Lipinski definition) is 1. The summed E-state index contributed by atoms with van der Waals surface area (Å²) in [5.74, 6) is 2.48. The first-order chi connectivity index (χ1) is 17.7. The van der Waals surface area contributed by atoms with Crippen LogP contribution >= 0.6 is 0 Å². The zero-order valence-electron chi connectivity index (χ0n) is 20.1. The second kappa shape index (κ2) is 13.9. The summed E-state index contributed by atoms with van der Waals surface area (Å²) in [5.41, 5.74) is 3.00. The molecule has 0 spiro atoms. The molecule has 0 aliphatic carbocycles. The van der Waals surface area contributed by atoms with Crippen molar-refractivity contribution in [1.82, 2.24) is 0 Å². The molecule has 36 heavy (non-hydrogen) atoms. The molecule has 188 valence electrons. The molecule has 3 aromatic rings. The van der Waals surface area contributed by atoms with E-state index in [1.807, 2.05) is 91.0 Å². The summed E-state index contributed by atoms with van der Waals surface area (Å²) in [5, 5.41) is 11.3. The maximum Gasteiger partial charge on any atom is 0.188 e. The lowest BCUT2D eigenvalue weighted by Crippen LogP contribution is -2.61. The molecule has 0 radical (unpaired) electrons. The lowest BCUT2D eigenvalue weighted by molar-refractivity contribution is -0.318. The molecular weight excluding hydrogens is 456 g/mol. The van der Waals surface area contributed by atoms with E-state index in [0.29, 0.717) is 19.8 Å². The molecule has 0 aromatic heterocycles. The number of ether oxygens (including phenoxy) is 5. The Morgan fingerprint density at radius 2 is 1.19 bits per heavy atom. The standard InChI is InChI=1S/C30H32O6/c1-2-18-33-30-29(35-21-25-16-10-5-11-17-25)28(34-20-24-14-8-4-9-15-24)27(31)26(36-30)22-32-19-23-12-6-3-7-13-23/h1,3-17,26-31H,18-22H2/t26-,27-,28+,29-,30+/m1/s1. The third-order valence-corrected chi connectivity index (χ3v) is 5.91. The predicted molar refractivity (Wildman–Crippen MR) is 136 cm³/mol. The van der Waals surface area contributed by atoms with Crippen LogP contribution in [-0.2, 0) is 43.5 Å². The van der Waals surface area contributed by atoms with Crippen LogP contribution < -0.4 is 0 Å². The minimum atomic E-state index is -1.00. The third kappa shape index (κ3) is 7.49. The first-order valence-corrected chi connectivity index (χ1v) is 12.1. The fourth-order valence-corrected chi connectivity index (χ4v) is 4.06. The van der Waals surface area contributed by atoms with Gasteiger partial charge in [-0.15, -0.1) is 6.42 Å². The molecule has 5 atom stereocenters. The number of benzene rings is 3. The zero-order chi connectivity index (χ0) is 25.0. The highest BCUT2D eigenvalue weighted by Crippen LogP contribution is 2.29. The zero-order valence-corrected chi connectivity index (χ0v) is 20.1. The van der Waals surface area contributed by atoms with Gasteiger partial charge in [0.2, 0.25) is 0 Å². The van der Waals surface area contributed by atoms with Crippen LogP contribution in [0.5, 0.6) is 0 Å². The van der Waals surface area contributed by atoms with Gasteiger partial charge in [-0.25, -0.2) is 0 Å². The van der Waals surface area contributed by atoms with E-state index >= 15 is 0 Å². The van der Waals surface area contributed by atoms with Crippen molar-refractivity contribution in [3.8, 4) is 12.3 Å². The summed E-state index contributed by atoms with van der Waals surface area (Å²) in [4.78, 5) is 0. The van der Waals surface area contributed by atoms with E-state index in [4.69, 9.17) is 30.1 Å². The van der Waals surface area contributed by atoms with Gasteiger partial charge in [-0.05, 0) is 16.7 Å². The largest absolute Gasteiger partial charge is 0.387 e. The minimum Gasteiger partial charge on any atom is -0.387 e. The van der Waals surface area contributed by atoms with Crippen LogP contribution in [-0.4, -0.2) is 49.0 Å². The summed E-state index contributed by atoms with van der Waals surface area (Å²) < 4.78 is 30.3. The number of hydrogen-bond acceptors (Lipinski definition) is 6. The van der Waals surface area contributed by atoms with Crippen LogP contribution in [0, 0.1) is 12.3 Å². The first kappa shape index (κ1) is 26.1. The number of aliphatic hydroxyl groups is 1. The van der Waals surface area contributed by atoms with Gasteiger partial charge < -0.3 is 28.8 Å². The Labute approximate surface area is 212 Å². The van der Waals surface area contributed by atoms with Crippen molar-refractivity contribution in [1.29, 1.82) is 0 Å². The monoisotopic (exact) mass is 488 g/mol. The lowest BCUT2D eigenvalue weighted by atomic mass is 9.98. The lowest BCUT2D eigenvalue weighted by Gasteiger charge is -2.44. The van der Waals surface area contributed by atoms with Crippen LogP contribution in [0.25, 0.3) is 0 Å². The molecule has 6 heteroatoms. The summed E-state index contributed by atoms with van der Waals surface area (Å²) in [6.07, 6.45) is 1.50. The molecule has 1 fully saturated rings. The topological polar surface area (TPSA) is 66.4 Å². The predicted octanol–water partition coefficient (Wildman–Crippen LogP) is 4.11. The molecule has 0 unspecified atom stereocenters. The molecule has 0 bridgehead atoms. The average Bonchev–Trinajstić information content (AvgIpc) is 2.93. The molecule has 1 aliphatic heterocycles. The van der Waals surface area contributed by atoms with Gasteiger partial charge in [-0.2, -0.15) is 0 Å². The molecule has 4 rings (SSSR count). The highest BCUT2D eigenvalue weighted by atomic mass is 16.7. The van der Waals surface area contributed by atoms with E-state index in [2.05, 4.69) is 5.92 Å². The fraction of sp³-hybridized carbons (Fsp3) is 0.333. The Balaban J connectivity index is 1.49. The SMILES string of the molecule is C#CCO[C@H]1O[C@H](COCc2ccccc2)[C@@H](O)[C@H](OCc2ccccc2)[C@H]1OCc1ccccc1. The van der Waals surface area contributed by atoms with Crippen LogP contribution in [0.3, 0.4) is 0 Å². The van der Waals surface area contributed by atoms with Gasteiger partial charge in [-0.3, -0.25) is 0 Å². The quantitative estimate of drug-likeness (QED) is 0.387. The van der Waals surface area contributed by atoms with Crippen LogP contribution in [0.15, 0.2) is 91.0 Å². The van der Waals surface area contributed by atoms with Crippen LogP contribution in [0.4, 0.5) is 0 Å². The van der Waals surface area contributed by atoms with E-state index < -0.39 is 30.7 Å². The Morgan fingerprint density at radius 1 is 0.694 bits per heavy atom. The second-order valence-electron chi connectivity index (χ2n) is 8.57. The smallest absolute Gasteiger partial charge is 0.188 e. The summed E-state index contributed by atoms with van der Waals surface area (Å²) in [7, 11) is 0. The highest BCUT2D eigenvalue weighted by Gasteiger charge is 2.47. The van der Waals surface area contributed by atoms with Gasteiger partial charge in [0.25, 0.3) is 0 Å². The van der Waals surface area contributed by atoms with Gasteiger partial charge in [0, 0.05) is 0 Å². The Bertz CT molecular complexity index is 1050. The molecular formula is C30H32O6. The summed E-state index contributed by atoms with van der Waals surface area (Å²) >= 11 is 0. The summed E-state index contributed by atoms with van der Waals surface area (Å²) in [6, 6.07) is 29.4. The van der Waals surface area contributed by atoms with Crippen molar-refractivity contribution < 1.29 is 28.8 Å². The average molecular weight is 489 g/mol. The van der Waals surface area contributed by atoms with Crippen molar-refractivity contribution >= 4 is 0 Å². The molecule has 3 aromatic carbocycles. The van der Waals surface area contributed by atoms with Crippen LogP contribution in [0.2, 0.25) is 0 Å². The van der Waals surface area contributed by atoms with E-state index in [-0.39, 0.29) is 13.2 Å². The minimum absolute atomic E-state index is 0.0367. The molecule has 0 amide bonds. The third-order valence-electron chi connectivity index (χ3n) is 5.91. The van der Waals surface area contributed by atoms with Gasteiger partial charge in [0.05, 0.1) is 26.4 Å². The van der Waals surface area contributed by atoms with Crippen molar-refractivity contribution in [2.24, 2.45) is 0 Å². The van der Waals surface area contributed by atoms with Crippen molar-refractivity contribution in [2.45, 2.75) is 50.5 Å². The van der Waals surface area contributed by atoms with E-state index in [1.54, 1.807) is 0 Å². The van der Waals surface area contributed by atoms with E-state index in [9.17, 15) is 5.11 Å². The molecule has 6 nitrogen and oxygen atoms in total.